The third kappa shape index (κ3) is 9.49. The van der Waals surface area contributed by atoms with Gasteiger partial charge in [-0.2, -0.15) is 23.5 Å². The Morgan fingerprint density at radius 3 is 2.41 bits per heavy atom. The van der Waals surface area contributed by atoms with Crippen LogP contribution in [0.5, 0.6) is 5.75 Å². The van der Waals surface area contributed by atoms with Crippen LogP contribution in [0.3, 0.4) is 0 Å². The molecule has 1 aliphatic carbocycles. The molecule has 4 aromatic rings. The van der Waals surface area contributed by atoms with E-state index in [1.54, 1.807) is 31.2 Å². The normalized spacial score (nSPS) is 21.2. The average molecular weight is 900 g/mol. The van der Waals surface area contributed by atoms with E-state index in [0.29, 0.717) is 78.1 Å². The van der Waals surface area contributed by atoms with Gasteiger partial charge in [0.1, 0.15) is 17.5 Å². The van der Waals surface area contributed by atoms with Gasteiger partial charge in [-0.05, 0) is 106 Å². The molecule has 9 rings (SSSR count). The number of fused-ring (bicyclic) bond motifs is 2. The van der Waals surface area contributed by atoms with Crippen molar-refractivity contribution in [2.75, 3.05) is 55.6 Å². The molecule has 3 fully saturated rings. The molecule has 7 heterocycles. The molecule has 18 heteroatoms. The zero-order valence-corrected chi connectivity index (χ0v) is 36.8. The standard InChI is InChI=1S/C46H53ClF3N11O3/c1-29(62)59-22-16-40-37(28-59)44(60-17-2-3-31-23-42(46(48,49)50)52-26-41(31)60)56-61(40)34-14-18-57(19-15-34)27-30-12-20-58(21-13-30)43-11-10-39(54-55-43)45(63)53-33-5-8-35(9-6-33)64-36-7-4-32(25-51)38(47)24-36/h4,7,10-11,23-24,26,30,33-35H,2-3,5-6,8-9,12-22,27-28H2,1H3,(H,53,63). The predicted octanol–water partition coefficient (Wildman–Crippen LogP) is 7.27. The summed E-state index contributed by atoms with van der Waals surface area (Å²) >= 11 is 6.16. The third-order valence-electron chi connectivity index (χ3n) is 13.8. The molecule has 0 unspecified atom stereocenters. The van der Waals surface area contributed by atoms with Gasteiger partial charge in [0.25, 0.3) is 5.91 Å². The van der Waals surface area contributed by atoms with Crippen molar-refractivity contribution in [3.63, 3.8) is 0 Å². The van der Waals surface area contributed by atoms with Crippen LogP contribution in [0, 0.1) is 17.2 Å². The van der Waals surface area contributed by atoms with E-state index in [1.165, 1.54) is 12.3 Å². The van der Waals surface area contributed by atoms with Gasteiger partial charge in [-0.25, -0.2) is 4.98 Å². The number of aryl methyl sites for hydroxylation is 1. The first-order valence-electron chi connectivity index (χ1n) is 22.6. The van der Waals surface area contributed by atoms with Crippen molar-refractivity contribution < 1.29 is 27.5 Å². The zero-order valence-electron chi connectivity index (χ0n) is 36.0. The first-order valence-corrected chi connectivity index (χ1v) is 23.0. The largest absolute Gasteiger partial charge is 0.490 e. The summed E-state index contributed by atoms with van der Waals surface area (Å²) in [6.45, 7) is 7.90. The van der Waals surface area contributed by atoms with Crippen molar-refractivity contribution in [1.82, 2.24) is 40.1 Å². The lowest BCUT2D eigenvalue weighted by Gasteiger charge is -2.38. The highest BCUT2D eigenvalue weighted by Gasteiger charge is 2.37. The molecule has 1 N–H and O–H groups in total. The maximum Gasteiger partial charge on any atom is 0.433 e. The number of likely N-dealkylation sites (tertiary alicyclic amines) is 1. The molecule has 0 bridgehead atoms. The van der Waals surface area contributed by atoms with Crippen LogP contribution in [-0.4, -0.2) is 105 Å². The fourth-order valence-electron chi connectivity index (χ4n) is 10.2. The number of hydrogen-bond donors (Lipinski definition) is 1. The molecule has 1 saturated carbocycles. The third-order valence-corrected chi connectivity index (χ3v) is 14.1. The lowest BCUT2D eigenvalue weighted by Crippen LogP contribution is -2.42. The smallest absolute Gasteiger partial charge is 0.433 e. The van der Waals surface area contributed by atoms with Crippen molar-refractivity contribution >= 4 is 40.7 Å². The molecule has 14 nitrogen and oxygen atoms in total. The summed E-state index contributed by atoms with van der Waals surface area (Å²) in [5.74, 6) is 2.47. The van der Waals surface area contributed by atoms with Crippen molar-refractivity contribution in [1.29, 1.82) is 5.26 Å². The summed E-state index contributed by atoms with van der Waals surface area (Å²) in [4.78, 5) is 38.1. The second kappa shape index (κ2) is 18.6. The van der Waals surface area contributed by atoms with Crippen molar-refractivity contribution in [2.24, 2.45) is 5.92 Å². The summed E-state index contributed by atoms with van der Waals surface area (Å²) < 4.78 is 48.9. The Balaban J connectivity index is 0.749. The molecule has 0 spiro atoms. The Bertz CT molecular complexity index is 2380. The summed E-state index contributed by atoms with van der Waals surface area (Å²) in [6.07, 6.45) is 5.86. The number of pyridine rings is 1. The Hall–Kier alpha value is -5.47. The number of nitrogens with zero attached hydrogens (tertiary/aromatic N) is 10. The van der Waals surface area contributed by atoms with Gasteiger partial charge in [-0.3, -0.25) is 14.3 Å². The fraction of sp³-hybridized carbons (Fsp3) is 0.543. The molecule has 4 aliphatic heterocycles. The van der Waals surface area contributed by atoms with Crippen LogP contribution in [0.25, 0.3) is 0 Å². The Labute approximate surface area is 375 Å². The molecule has 1 aromatic carbocycles. The molecule has 2 amide bonds. The number of nitrogens with one attached hydrogen (secondary N) is 1. The van der Waals surface area contributed by atoms with Crippen LogP contribution < -0.4 is 19.9 Å². The van der Waals surface area contributed by atoms with E-state index in [-0.39, 0.29) is 30.0 Å². The number of carbonyl (C=O) groups excluding carboxylic acids is 2. The molecule has 2 saturated heterocycles. The van der Waals surface area contributed by atoms with Crippen LogP contribution in [0.15, 0.2) is 42.6 Å². The van der Waals surface area contributed by atoms with E-state index in [0.717, 1.165) is 107 Å². The lowest BCUT2D eigenvalue weighted by molar-refractivity contribution is -0.141. The Morgan fingerprint density at radius 2 is 1.72 bits per heavy atom. The Morgan fingerprint density at radius 1 is 0.938 bits per heavy atom. The van der Waals surface area contributed by atoms with Crippen molar-refractivity contribution in [3.8, 4) is 11.8 Å². The quantitative estimate of drug-likeness (QED) is 0.181. The molecule has 0 radical (unpaired) electrons. The SMILES string of the molecule is CC(=O)N1CCc2c(c(N3CCCc4cc(C(F)(F)F)ncc43)nn2C2CCN(CC3CCN(c4ccc(C(=O)NC5CCC(Oc6ccc(C#N)c(Cl)c6)CC5)nn4)CC3)CC2)C1. The van der Waals surface area contributed by atoms with Crippen LogP contribution in [0.1, 0.15) is 109 Å². The summed E-state index contributed by atoms with van der Waals surface area (Å²) in [5.41, 5.74) is 3.22. The van der Waals surface area contributed by atoms with Crippen LogP contribution in [-0.2, 0) is 30.4 Å². The lowest BCUT2D eigenvalue weighted by atomic mass is 9.92. The number of nitriles is 1. The molecule has 0 atom stereocenters. The maximum atomic E-state index is 13.6. The highest BCUT2D eigenvalue weighted by Crippen LogP contribution is 2.41. The van der Waals surface area contributed by atoms with Gasteiger partial charge in [0.05, 0.1) is 41.2 Å². The number of hydrogen-bond acceptors (Lipinski definition) is 11. The number of benzene rings is 1. The second-order valence-electron chi connectivity index (χ2n) is 17.9. The number of anilines is 3. The number of alkyl halides is 3. The molecule has 3 aromatic heterocycles. The molecule has 5 aliphatic rings. The van der Waals surface area contributed by atoms with Crippen molar-refractivity contribution in [2.45, 2.75) is 108 Å². The summed E-state index contributed by atoms with van der Waals surface area (Å²) in [7, 11) is 0. The monoisotopic (exact) mass is 899 g/mol. The first-order chi connectivity index (χ1) is 30.9. The van der Waals surface area contributed by atoms with E-state index < -0.39 is 11.9 Å². The number of amides is 2. The van der Waals surface area contributed by atoms with Crippen LogP contribution in [0.2, 0.25) is 5.02 Å². The number of aromatic nitrogens is 5. The number of halogens is 4. The average Bonchev–Trinajstić information content (AvgIpc) is 3.68. The first kappa shape index (κ1) is 43.8. The highest BCUT2D eigenvalue weighted by atomic mass is 35.5. The van der Waals surface area contributed by atoms with E-state index in [2.05, 4.69) is 41.0 Å². The molecular weight excluding hydrogens is 847 g/mol. The molecule has 338 valence electrons. The zero-order chi connectivity index (χ0) is 44.5. The van der Waals surface area contributed by atoms with E-state index in [1.807, 2.05) is 15.9 Å². The minimum atomic E-state index is -4.51. The number of carbonyl (C=O) groups is 2. The van der Waals surface area contributed by atoms with Gasteiger partial charge in [0, 0.05) is 82.5 Å². The minimum absolute atomic E-state index is 0.00322. The second-order valence-corrected chi connectivity index (χ2v) is 18.3. The number of rotatable bonds is 9. The van der Waals surface area contributed by atoms with Crippen LogP contribution >= 0.6 is 11.6 Å². The predicted molar refractivity (Wildman–Crippen MR) is 234 cm³/mol. The van der Waals surface area contributed by atoms with Gasteiger partial charge in [0.15, 0.2) is 17.3 Å². The fourth-order valence-corrected chi connectivity index (χ4v) is 10.4. The number of ether oxygens (including phenoxy) is 1. The maximum absolute atomic E-state index is 13.6. The highest BCUT2D eigenvalue weighted by molar-refractivity contribution is 6.31. The molecular formula is C46H53ClF3N11O3. The van der Waals surface area contributed by atoms with E-state index >= 15 is 0 Å². The van der Waals surface area contributed by atoms with E-state index in [4.69, 9.17) is 26.7 Å². The number of piperidine rings is 2. The van der Waals surface area contributed by atoms with Gasteiger partial charge in [-0.1, -0.05) is 11.6 Å². The summed E-state index contributed by atoms with van der Waals surface area (Å²) in [6, 6.07) is 12.2. The van der Waals surface area contributed by atoms with Gasteiger partial charge >= 0.3 is 6.18 Å². The summed E-state index contributed by atoms with van der Waals surface area (Å²) in [5, 5.41) is 26.6. The minimum Gasteiger partial charge on any atom is -0.490 e. The van der Waals surface area contributed by atoms with Gasteiger partial charge in [0.2, 0.25) is 5.91 Å². The van der Waals surface area contributed by atoms with Crippen molar-refractivity contribution in [3.05, 3.63) is 81.4 Å². The topological polar surface area (TPSA) is 149 Å². The van der Waals surface area contributed by atoms with Gasteiger partial charge < -0.3 is 29.7 Å². The van der Waals surface area contributed by atoms with Gasteiger partial charge in [-0.15, -0.1) is 10.2 Å². The van der Waals surface area contributed by atoms with E-state index in [9.17, 15) is 22.8 Å². The molecule has 64 heavy (non-hydrogen) atoms. The Kier molecular flexibility index (Phi) is 12.7. The van der Waals surface area contributed by atoms with Crippen LogP contribution in [0.4, 0.5) is 30.5 Å².